The highest BCUT2D eigenvalue weighted by atomic mass is 35.5. The molecule has 20 heavy (non-hydrogen) atoms. The molecule has 7 heteroatoms. The number of hydrogen-bond acceptors (Lipinski definition) is 5. The van der Waals surface area contributed by atoms with Crippen LogP contribution in [-0.2, 0) is 0 Å². The molecule has 0 atom stereocenters. The Morgan fingerprint density at radius 2 is 2.00 bits per heavy atom. The van der Waals surface area contributed by atoms with Crippen LogP contribution in [0.5, 0.6) is 0 Å². The van der Waals surface area contributed by atoms with E-state index in [1.807, 2.05) is 17.5 Å². The Hall–Kier alpha value is -0.850. The normalized spacial score (nSPS) is 16.3. The van der Waals surface area contributed by atoms with E-state index in [4.69, 9.17) is 23.2 Å². The second kappa shape index (κ2) is 6.28. The van der Waals surface area contributed by atoms with Crippen molar-refractivity contribution in [1.29, 1.82) is 0 Å². The van der Waals surface area contributed by atoms with Crippen molar-refractivity contribution < 1.29 is 0 Å². The standard InChI is InChI=1S/C13H14Cl2N4S/c14-9-3-2-8(6-10(9)15)11-7-20-13(18-11)19-12-16-4-1-5-17-12/h2-3,6-7,12,16-17H,1,4-5H2,(H,18,19). The smallest absolute Gasteiger partial charge is 0.185 e. The Morgan fingerprint density at radius 1 is 1.20 bits per heavy atom. The Labute approximate surface area is 131 Å². The molecule has 0 radical (unpaired) electrons. The average Bonchev–Trinajstić information content (AvgIpc) is 2.91. The van der Waals surface area contributed by atoms with Crippen LogP contribution in [-0.4, -0.2) is 24.4 Å². The lowest BCUT2D eigenvalue weighted by Crippen LogP contribution is -2.52. The lowest BCUT2D eigenvalue weighted by atomic mass is 10.2. The predicted molar refractivity (Wildman–Crippen MR) is 85.6 cm³/mol. The average molecular weight is 329 g/mol. The van der Waals surface area contributed by atoms with Gasteiger partial charge in [0.05, 0.1) is 15.7 Å². The predicted octanol–water partition coefficient (Wildman–Crippen LogP) is 3.40. The number of halogens is 2. The van der Waals surface area contributed by atoms with E-state index >= 15 is 0 Å². The van der Waals surface area contributed by atoms with Gasteiger partial charge in [0.2, 0.25) is 0 Å². The second-order valence-electron chi connectivity index (χ2n) is 4.51. The number of anilines is 1. The van der Waals surface area contributed by atoms with E-state index in [1.165, 1.54) is 0 Å². The fraction of sp³-hybridized carbons (Fsp3) is 0.308. The fourth-order valence-electron chi connectivity index (χ4n) is 2.01. The van der Waals surface area contributed by atoms with Crippen molar-refractivity contribution in [3.63, 3.8) is 0 Å². The van der Waals surface area contributed by atoms with Gasteiger partial charge in [0, 0.05) is 10.9 Å². The van der Waals surface area contributed by atoms with Crippen molar-refractivity contribution in [3.05, 3.63) is 33.6 Å². The summed E-state index contributed by atoms with van der Waals surface area (Å²) in [7, 11) is 0. The van der Waals surface area contributed by atoms with Crippen LogP contribution in [0.25, 0.3) is 11.3 Å². The lowest BCUT2D eigenvalue weighted by molar-refractivity contribution is 0.402. The Bertz CT molecular complexity index is 596. The number of hydrogen-bond donors (Lipinski definition) is 3. The number of nitrogens with zero attached hydrogens (tertiary/aromatic N) is 1. The minimum atomic E-state index is 0.0801. The Balaban J connectivity index is 1.73. The number of rotatable bonds is 3. The van der Waals surface area contributed by atoms with Gasteiger partial charge in [-0.1, -0.05) is 29.3 Å². The zero-order chi connectivity index (χ0) is 13.9. The van der Waals surface area contributed by atoms with Crippen LogP contribution >= 0.6 is 34.5 Å². The molecule has 106 valence electrons. The van der Waals surface area contributed by atoms with Gasteiger partial charge in [0.15, 0.2) is 5.13 Å². The van der Waals surface area contributed by atoms with Crippen LogP contribution < -0.4 is 16.0 Å². The maximum atomic E-state index is 6.03. The zero-order valence-corrected chi connectivity index (χ0v) is 12.9. The summed E-state index contributed by atoms with van der Waals surface area (Å²) in [5.74, 6) is 0. The highest BCUT2D eigenvalue weighted by molar-refractivity contribution is 7.14. The molecule has 0 unspecified atom stereocenters. The van der Waals surface area contributed by atoms with Gasteiger partial charge in [0.1, 0.15) is 6.29 Å². The topological polar surface area (TPSA) is 49.0 Å². The van der Waals surface area contributed by atoms with Crippen LogP contribution in [0.4, 0.5) is 5.13 Å². The van der Waals surface area contributed by atoms with Crippen LogP contribution in [0.2, 0.25) is 10.0 Å². The molecule has 2 heterocycles. The van der Waals surface area contributed by atoms with E-state index in [2.05, 4.69) is 20.9 Å². The molecule has 3 N–H and O–H groups in total. The van der Waals surface area contributed by atoms with Crippen molar-refractivity contribution in [3.8, 4) is 11.3 Å². The van der Waals surface area contributed by atoms with Crippen molar-refractivity contribution in [1.82, 2.24) is 15.6 Å². The molecule has 0 bridgehead atoms. The number of benzene rings is 1. The molecule has 1 aliphatic heterocycles. The first kappa shape index (κ1) is 14.1. The summed E-state index contributed by atoms with van der Waals surface area (Å²) in [6.07, 6.45) is 1.22. The monoisotopic (exact) mass is 328 g/mol. The second-order valence-corrected chi connectivity index (χ2v) is 6.18. The van der Waals surface area contributed by atoms with E-state index < -0.39 is 0 Å². The summed E-state index contributed by atoms with van der Waals surface area (Å²) in [5, 5.41) is 14.0. The van der Waals surface area contributed by atoms with E-state index in [9.17, 15) is 0 Å². The molecular weight excluding hydrogens is 315 g/mol. The molecule has 4 nitrogen and oxygen atoms in total. The summed E-state index contributed by atoms with van der Waals surface area (Å²) in [5.41, 5.74) is 1.86. The van der Waals surface area contributed by atoms with Gasteiger partial charge in [-0.2, -0.15) is 0 Å². The molecule has 1 fully saturated rings. The highest BCUT2D eigenvalue weighted by Gasteiger charge is 2.13. The third-order valence-corrected chi connectivity index (χ3v) is 4.55. The van der Waals surface area contributed by atoms with Gasteiger partial charge < -0.3 is 5.32 Å². The Morgan fingerprint density at radius 3 is 2.75 bits per heavy atom. The lowest BCUT2D eigenvalue weighted by Gasteiger charge is -2.25. The summed E-state index contributed by atoms with van der Waals surface area (Å²) >= 11 is 13.5. The van der Waals surface area contributed by atoms with Crippen LogP contribution in [0, 0.1) is 0 Å². The molecule has 1 aromatic heterocycles. The molecule has 0 amide bonds. The van der Waals surface area contributed by atoms with Crippen molar-refractivity contribution in [2.45, 2.75) is 12.7 Å². The van der Waals surface area contributed by atoms with Gasteiger partial charge in [-0.05, 0) is 31.6 Å². The molecule has 0 spiro atoms. The van der Waals surface area contributed by atoms with Gasteiger partial charge in [-0.15, -0.1) is 11.3 Å². The zero-order valence-electron chi connectivity index (χ0n) is 10.6. The SMILES string of the molecule is Clc1ccc(-c2csc(NC3NCCCN3)n2)cc1Cl. The summed E-state index contributed by atoms with van der Waals surface area (Å²) < 4.78 is 0. The van der Waals surface area contributed by atoms with E-state index in [0.717, 1.165) is 35.9 Å². The van der Waals surface area contributed by atoms with E-state index in [0.29, 0.717) is 10.0 Å². The maximum absolute atomic E-state index is 6.03. The van der Waals surface area contributed by atoms with Crippen molar-refractivity contribution >= 4 is 39.7 Å². The molecule has 3 rings (SSSR count). The maximum Gasteiger partial charge on any atom is 0.185 e. The molecule has 2 aromatic rings. The summed E-state index contributed by atoms with van der Waals surface area (Å²) in [6, 6.07) is 5.54. The minimum Gasteiger partial charge on any atom is -0.334 e. The van der Waals surface area contributed by atoms with Crippen LogP contribution in [0.15, 0.2) is 23.6 Å². The molecule has 1 aliphatic rings. The van der Waals surface area contributed by atoms with Gasteiger partial charge >= 0.3 is 0 Å². The highest BCUT2D eigenvalue weighted by Crippen LogP contribution is 2.30. The summed E-state index contributed by atoms with van der Waals surface area (Å²) in [4.78, 5) is 4.57. The van der Waals surface area contributed by atoms with Gasteiger partial charge in [-0.25, -0.2) is 4.98 Å². The first-order chi connectivity index (χ1) is 9.72. The molecular formula is C13H14Cl2N4S. The fourth-order valence-corrected chi connectivity index (χ4v) is 3.05. The van der Waals surface area contributed by atoms with Crippen LogP contribution in [0.1, 0.15) is 6.42 Å². The van der Waals surface area contributed by atoms with Crippen molar-refractivity contribution in [2.75, 3.05) is 18.4 Å². The van der Waals surface area contributed by atoms with E-state index in [1.54, 1.807) is 17.4 Å². The third-order valence-electron chi connectivity index (χ3n) is 3.04. The molecule has 0 saturated carbocycles. The van der Waals surface area contributed by atoms with Gasteiger partial charge in [-0.3, -0.25) is 10.6 Å². The number of nitrogens with one attached hydrogen (secondary N) is 3. The quantitative estimate of drug-likeness (QED) is 0.808. The molecule has 1 saturated heterocycles. The summed E-state index contributed by atoms with van der Waals surface area (Å²) in [6.45, 7) is 2.02. The minimum absolute atomic E-state index is 0.0801. The van der Waals surface area contributed by atoms with Gasteiger partial charge in [0.25, 0.3) is 0 Å². The Kier molecular flexibility index (Phi) is 4.43. The van der Waals surface area contributed by atoms with Crippen LogP contribution in [0.3, 0.4) is 0 Å². The van der Waals surface area contributed by atoms with Crippen molar-refractivity contribution in [2.24, 2.45) is 0 Å². The largest absolute Gasteiger partial charge is 0.334 e. The molecule has 1 aromatic carbocycles. The first-order valence-corrected chi connectivity index (χ1v) is 8.00. The number of thiazole rings is 1. The first-order valence-electron chi connectivity index (χ1n) is 6.36. The molecule has 0 aliphatic carbocycles. The van der Waals surface area contributed by atoms with E-state index in [-0.39, 0.29) is 6.29 Å². The number of aromatic nitrogens is 1. The third kappa shape index (κ3) is 3.24.